The quantitative estimate of drug-likeness (QED) is 0.203. The molecule has 0 aliphatic carbocycles. The summed E-state index contributed by atoms with van der Waals surface area (Å²) in [6, 6.07) is 18.2. The summed E-state index contributed by atoms with van der Waals surface area (Å²) in [5, 5.41) is 30.9. The van der Waals surface area contributed by atoms with Gasteiger partial charge in [0.1, 0.15) is 0 Å². The fourth-order valence-electron chi connectivity index (χ4n) is 2.86. The molecule has 0 atom stereocenters. The Morgan fingerprint density at radius 3 is 1.07 bits per heavy atom. The van der Waals surface area contributed by atoms with Crippen molar-refractivity contribution >= 4 is 11.8 Å². The molecule has 0 amide bonds. The molecule has 0 saturated carbocycles. The average Bonchev–Trinajstić information content (AvgIpc) is 3.51. The molecule has 0 radical (unpaired) electrons. The van der Waals surface area contributed by atoms with E-state index in [0.29, 0.717) is 11.1 Å². The number of nitrogens with zero attached hydrogens (tertiary/aromatic N) is 4. The Bertz CT molecular complexity index is 823. The van der Waals surface area contributed by atoms with Gasteiger partial charge in [-0.25, -0.2) is 0 Å². The molecule has 0 spiro atoms. The summed E-state index contributed by atoms with van der Waals surface area (Å²) in [6.45, 7) is 25.5. The van der Waals surface area contributed by atoms with Crippen molar-refractivity contribution in [2.45, 2.75) is 93.2 Å². The summed E-state index contributed by atoms with van der Waals surface area (Å²) in [6.07, 6.45) is 2.56. The minimum absolute atomic E-state index is 0. The molecule has 0 N–H and O–H groups in total. The van der Waals surface area contributed by atoms with Crippen molar-refractivity contribution in [2.75, 3.05) is 39.4 Å². The summed E-state index contributed by atoms with van der Waals surface area (Å²) in [5.41, 5.74) is 0.703. The number of aliphatic imine (C=N–C) groups is 2. The number of benzene rings is 2. The van der Waals surface area contributed by atoms with Crippen LogP contribution in [0.15, 0.2) is 70.6 Å². The number of rotatable bonds is 6. The zero-order valence-electron chi connectivity index (χ0n) is 27.9. The second-order valence-corrected chi connectivity index (χ2v) is 10.9. The number of ether oxygens (including phenoxy) is 1. The van der Waals surface area contributed by atoms with Gasteiger partial charge in [-0.05, 0) is 77.3 Å². The van der Waals surface area contributed by atoms with Crippen molar-refractivity contribution in [3.05, 3.63) is 82.4 Å². The molecule has 0 bridgehead atoms. The molecule has 1 aliphatic heterocycles. The molecule has 2 aromatic rings. The van der Waals surface area contributed by atoms with Crippen LogP contribution < -0.4 is 10.2 Å². The van der Waals surface area contributed by atoms with Gasteiger partial charge in [-0.15, -0.1) is 0 Å². The zero-order chi connectivity index (χ0) is 31.6. The third kappa shape index (κ3) is 30.9. The molecule has 1 saturated heterocycles. The Balaban J connectivity index is -0.000000487. The van der Waals surface area contributed by atoms with Crippen molar-refractivity contribution in [1.82, 2.24) is 0 Å². The van der Waals surface area contributed by atoms with Crippen LogP contribution in [-0.2, 0) is 26.5 Å². The van der Waals surface area contributed by atoms with E-state index in [1.165, 1.54) is 12.8 Å². The fourth-order valence-corrected chi connectivity index (χ4v) is 2.86. The smallest absolute Gasteiger partial charge is 0.858 e. The Hall–Kier alpha value is -2.03. The first-order valence-corrected chi connectivity index (χ1v) is 14.8. The van der Waals surface area contributed by atoms with Gasteiger partial charge in [0.15, 0.2) is 0 Å². The molecule has 2 aromatic carbocycles. The first-order valence-electron chi connectivity index (χ1n) is 14.8. The Labute approximate surface area is 272 Å². The van der Waals surface area contributed by atoms with Gasteiger partial charge >= 0.3 is 21.7 Å². The third-order valence-electron chi connectivity index (χ3n) is 4.64. The molecular weight excluding hydrogens is 560 g/mol. The van der Waals surface area contributed by atoms with Gasteiger partial charge in [0.05, 0.1) is 11.1 Å². The van der Waals surface area contributed by atoms with E-state index >= 15 is 0 Å². The second-order valence-electron chi connectivity index (χ2n) is 10.9. The van der Waals surface area contributed by atoms with Gasteiger partial charge in [0.2, 0.25) is 0 Å². The van der Waals surface area contributed by atoms with Crippen molar-refractivity contribution < 1.29 is 36.7 Å². The summed E-state index contributed by atoms with van der Waals surface area (Å²) in [4.78, 5) is 8.08. The molecule has 7 nitrogen and oxygen atoms in total. The zero-order valence-corrected chi connectivity index (χ0v) is 29.5. The molecule has 3 rings (SSSR count). The van der Waals surface area contributed by atoms with E-state index in [1.807, 2.05) is 106 Å². The molecule has 42 heavy (non-hydrogen) atoms. The van der Waals surface area contributed by atoms with Crippen LogP contribution >= 0.6 is 0 Å². The molecular formula is C34H56N4O3Ti. The van der Waals surface area contributed by atoms with Gasteiger partial charge in [0.25, 0.3) is 0 Å². The van der Waals surface area contributed by atoms with Gasteiger partial charge < -0.3 is 25.6 Å². The molecule has 1 aliphatic rings. The van der Waals surface area contributed by atoms with Gasteiger partial charge in [-0.1, -0.05) is 88.4 Å². The van der Waals surface area contributed by atoms with Crippen molar-refractivity contribution in [2.24, 2.45) is 9.98 Å². The van der Waals surface area contributed by atoms with E-state index in [4.69, 9.17) is 4.74 Å². The summed E-state index contributed by atoms with van der Waals surface area (Å²) < 4.78 is 4.94. The maximum absolute atomic E-state index is 11.5. The van der Waals surface area contributed by atoms with Gasteiger partial charge in [0, 0.05) is 13.2 Å². The van der Waals surface area contributed by atoms with Crippen molar-refractivity contribution in [3.63, 3.8) is 0 Å². The Morgan fingerprint density at radius 1 is 0.619 bits per heavy atom. The normalized spacial score (nSPS) is 12.9. The van der Waals surface area contributed by atoms with Crippen LogP contribution in [0.1, 0.15) is 93.2 Å². The molecule has 234 valence electrons. The summed E-state index contributed by atoms with van der Waals surface area (Å²) >= 11 is 0. The van der Waals surface area contributed by atoms with Gasteiger partial charge in [-0.3, -0.25) is 9.98 Å². The van der Waals surface area contributed by atoms with Crippen LogP contribution in [0.3, 0.4) is 0 Å². The molecule has 0 aromatic heterocycles. The maximum atomic E-state index is 11.5. The largest absolute Gasteiger partial charge is 4.00 e. The molecule has 1 fully saturated rings. The van der Waals surface area contributed by atoms with Gasteiger partial charge in [-0.2, -0.15) is 26.2 Å². The van der Waals surface area contributed by atoms with Crippen LogP contribution in [0, 0.1) is 0 Å². The van der Waals surface area contributed by atoms with E-state index in [0.717, 1.165) is 39.4 Å². The number of hydrogen-bond acceptors (Lipinski definition) is 5. The monoisotopic (exact) mass is 616 g/mol. The SMILES string of the molecule is C1CCOC1.CC(C)(C)N=C([O-])c1ccccc1.CC(C)(C)N=C([O-])c1ccccc1.CC[N-]CC.CC[N-]CC.[Ti+4]. The van der Waals surface area contributed by atoms with E-state index in [-0.39, 0.29) is 44.6 Å². The minimum Gasteiger partial charge on any atom is -0.858 e. The second kappa shape index (κ2) is 27.8. The Morgan fingerprint density at radius 2 is 0.905 bits per heavy atom. The van der Waals surface area contributed by atoms with Crippen molar-refractivity contribution in [3.8, 4) is 0 Å². The van der Waals surface area contributed by atoms with Crippen LogP contribution in [0.5, 0.6) is 0 Å². The van der Waals surface area contributed by atoms with Crippen LogP contribution in [0.4, 0.5) is 0 Å². The number of hydrogen-bond donors (Lipinski definition) is 0. The van der Waals surface area contributed by atoms with E-state index < -0.39 is 0 Å². The van der Waals surface area contributed by atoms with E-state index in [1.54, 1.807) is 24.3 Å². The first-order chi connectivity index (χ1) is 19.3. The van der Waals surface area contributed by atoms with Crippen molar-refractivity contribution in [1.29, 1.82) is 0 Å². The van der Waals surface area contributed by atoms with Crippen LogP contribution in [-0.4, -0.2) is 62.3 Å². The summed E-state index contributed by atoms with van der Waals surface area (Å²) in [7, 11) is 0. The topological polar surface area (TPSA) is 108 Å². The first kappa shape index (κ1) is 44.4. The van der Waals surface area contributed by atoms with Crippen LogP contribution in [0.2, 0.25) is 0 Å². The van der Waals surface area contributed by atoms with E-state index in [2.05, 4.69) is 20.6 Å². The standard InChI is InChI=1S/2C11H15NO.2C4H10N.C4H8O.Ti/c2*1-11(2,3)12-10(13)9-7-5-4-6-8-9;2*1-3-5-4-2;1-2-4-5-3-1;/h2*4-8H,1-3H3,(H,12,13);2*3-4H2,1-2H3;1-4H2;/q;;2*-1;;+4/p-2. The predicted molar refractivity (Wildman–Crippen MR) is 174 cm³/mol. The van der Waals surface area contributed by atoms with Crippen LogP contribution in [0.25, 0.3) is 10.6 Å². The average molecular weight is 617 g/mol. The maximum Gasteiger partial charge on any atom is 4.00 e. The predicted octanol–water partition coefficient (Wildman–Crippen LogP) is 6.78. The summed E-state index contributed by atoms with van der Waals surface area (Å²) in [5.74, 6) is -0.291. The fraction of sp³-hybridized carbons (Fsp3) is 0.588. The minimum atomic E-state index is -0.299. The molecule has 0 unspecified atom stereocenters. The third-order valence-corrected chi connectivity index (χ3v) is 4.64. The molecule has 1 heterocycles. The van der Waals surface area contributed by atoms with E-state index in [9.17, 15) is 10.2 Å². The Kier molecular flexibility index (Phi) is 29.4. The molecule has 8 heteroatoms.